The van der Waals surface area contributed by atoms with Crippen LogP contribution in [-0.2, 0) is 6.42 Å². The third kappa shape index (κ3) is 6.19. The Labute approximate surface area is 121 Å². The van der Waals surface area contributed by atoms with Crippen LogP contribution in [0.4, 0.5) is 0 Å². The van der Waals surface area contributed by atoms with Gasteiger partial charge in [-0.05, 0) is 30.4 Å². The summed E-state index contributed by atoms with van der Waals surface area (Å²) in [4.78, 5) is 1.47. The molecular formula is C16H26S2. The molecule has 1 unspecified atom stereocenters. The summed E-state index contributed by atoms with van der Waals surface area (Å²) in [5.74, 6) is 2.07. The number of hydrogen-bond donors (Lipinski definition) is 0. The van der Waals surface area contributed by atoms with Crippen LogP contribution in [0.5, 0.6) is 0 Å². The lowest BCUT2D eigenvalue weighted by Crippen LogP contribution is -2.00. The van der Waals surface area contributed by atoms with Crippen LogP contribution in [0, 0.1) is 5.92 Å². The van der Waals surface area contributed by atoms with Crippen LogP contribution in [0.1, 0.15) is 52.0 Å². The molecule has 2 heteroatoms. The van der Waals surface area contributed by atoms with E-state index in [0.717, 1.165) is 5.92 Å². The van der Waals surface area contributed by atoms with E-state index >= 15 is 0 Å². The molecule has 0 aliphatic heterocycles. The average molecular weight is 283 g/mol. The van der Waals surface area contributed by atoms with Crippen molar-refractivity contribution in [2.24, 2.45) is 5.92 Å². The lowest BCUT2D eigenvalue weighted by molar-refractivity contribution is 0.519. The summed E-state index contributed by atoms with van der Waals surface area (Å²) in [6.45, 7) is 6.90. The van der Waals surface area contributed by atoms with Crippen LogP contribution in [0.3, 0.4) is 0 Å². The van der Waals surface area contributed by atoms with Crippen molar-refractivity contribution in [2.45, 2.75) is 57.8 Å². The second kappa shape index (κ2) is 9.80. The Bertz CT molecular complexity index is 323. The predicted octanol–water partition coefficient (Wildman–Crippen LogP) is 6.21. The van der Waals surface area contributed by atoms with Gasteiger partial charge in [0.2, 0.25) is 0 Å². The standard InChI is InChI=1S/C16H26S2/c1-4-6-12-17-18-16-11-8-7-10-15(16)13-14(3)9-5-2/h7-8,10-11,14H,4-6,9,12-13H2,1-3H3. The summed E-state index contributed by atoms with van der Waals surface area (Å²) >= 11 is 0. The van der Waals surface area contributed by atoms with E-state index in [-0.39, 0.29) is 0 Å². The molecule has 1 aromatic carbocycles. The molecule has 18 heavy (non-hydrogen) atoms. The first-order chi connectivity index (χ1) is 8.77. The monoisotopic (exact) mass is 282 g/mol. The van der Waals surface area contributed by atoms with Gasteiger partial charge in [-0.25, -0.2) is 0 Å². The molecule has 0 fully saturated rings. The zero-order valence-corrected chi connectivity index (χ0v) is 13.6. The lowest BCUT2D eigenvalue weighted by atomic mass is 9.97. The molecule has 0 spiro atoms. The van der Waals surface area contributed by atoms with Gasteiger partial charge in [0.15, 0.2) is 0 Å². The quantitative estimate of drug-likeness (QED) is 0.390. The topological polar surface area (TPSA) is 0 Å². The first kappa shape index (κ1) is 16.0. The summed E-state index contributed by atoms with van der Waals surface area (Å²) in [5.41, 5.74) is 1.53. The SMILES string of the molecule is CCCCSSc1ccccc1CC(C)CCC. The van der Waals surface area contributed by atoms with Crippen molar-refractivity contribution in [1.82, 2.24) is 0 Å². The Morgan fingerprint density at radius 2 is 1.89 bits per heavy atom. The highest BCUT2D eigenvalue weighted by molar-refractivity contribution is 8.76. The molecule has 0 bridgehead atoms. The highest BCUT2D eigenvalue weighted by Crippen LogP contribution is 2.35. The Kier molecular flexibility index (Phi) is 8.70. The van der Waals surface area contributed by atoms with Crippen LogP contribution in [-0.4, -0.2) is 5.75 Å². The first-order valence-electron chi connectivity index (χ1n) is 7.15. The molecule has 0 radical (unpaired) electrons. The molecule has 1 aromatic rings. The van der Waals surface area contributed by atoms with Gasteiger partial charge in [-0.15, -0.1) is 0 Å². The van der Waals surface area contributed by atoms with Crippen molar-refractivity contribution in [2.75, 3.05) is 5.75 Å². The van der Waals surface area contributed by atoms with Gasteiger partial charge < -0.3 is 0 Å². The van der Waals surface area contributed by atoms with Crippen LogP contribution < -0.4 is 0 Å². The van der Waals surface area contributed by atoms with Gasteiger partial charge in [-0.1, -0.05) is 79.8 Å². The number of unbranched alkanes of at least 4 members (excludes halogenated alkanes) is 1. The summed E-state index contributed by atoms with van der Waals surface area (Å²) in [6.07, 6.45) is 6.48. The van der Waals surface area contributed by atoms with Gasteiger partial charge in [0, 0.05) is 10.6 Å². The minimum Gasteiger partial charge on any atom is -0.0889 e. The smallest absolute Gasteiger partial charge is 0.0214 e. The van der Waals surface area contributed by atoms with Crippen LogP contribution in [0.2, 0.25) is 0 Å². The second-order valence-corrected chi connectivity index (χ2v) is 7.42. The van der Waals surface area contributed by atoms with Crippen molar-refractivity contribution < 1.29 is 0 Å². The summed E-state index contributed by atoms with van der Waals surface area (Å²) in [6, 6.07) is 8.91. The van der Waals surface area contributed by atoms with Gasteiger partial charge >= 0.3 is 0 Å². The minimum atomic E-state index is 0.803. The van der Waals surface area contributed by atoms with Gasteiger partial charge in [0.1, 0.15) is 0 Å². The lowest BCUT2D eigenvalue weighted by Gasteiger charge is -2.13. The van der Waals surface area contributed by atoms with E-state index in [1.165, 1.54) is 48.3 Å². The molecule has 0 saturated carbocycles. The summed E-state index contributed by atoms with van der Waals surface area (Å²) in [7, 11) is 3.97. The fraction of sp³-hybridized carbons (Fsp3) is 0.625. The van der Waals surface area contributed by atoms with Gasteiger partial charge in [-0.2, -0.15) is 0 Å². The highest BCUT2D eigenvalue weighted by atomic mass is 33.1. The van der Waals surface area contributed by atoms with Crippen molar-refractivity contribution in [1.29, 1.82) is 0 Å². The molecule has 0 aromatic heterocycles. The van der Waals surface area contributed by atoms with Crippen LogP contribution in [0.15, 0.2) is 29.2 Å². The molecule has 0 N–H and O–H groups in total. The number of rotatable bonds is 9. The highest BCUT2D eigenvalue weighted by Gasteiger charge is 2.07. The maximum Gasteiger partial charge on any atom is 0.0214 e. The summed E-state index contributed by atoms with van der Waals surface area (Å²) < 4.78 is 0. The van der Waals surface area contributed by atoms with Crippen molar-refractivity contribution >= 4 is 21.6 Å². The van der Waals surface area contributed by atoms with Crippen LogP contribution >= 0.6 is 21.6 Å². The molecule has 0 saturated heterocycles. The van der Waals surface area contributed by atoms with Crippen LogP contribution in [0.25, 0.3) is 0 Å². The molecule has 0 nitrogen and oxygen atoms in total. The molecule has 1 atom stereocenters. The van der Waals surface area contributed by atoms with E-state index < -0.39 is 0 Å². The zero-order chi connectivity index (χ0) is 13.2. The number of benzene rings is 1. The second-order valence-electron chi connectivity index (χ2n) is 4.96. The van der Waals surface area contributed by atoms with Crippen molar-refractivity contribution in [3.05, 3.63) is 29.8 Å². The Morgan fingerprint density at radius 3 is 2.61 bits per heavy atom. The normalized spacial score (nSPS) is 12.6. The van der Waals surface area contributed by atoms with Crippen molar-refractivity contribution in [3.8, 4) is 0 Å². The minimum absolute atomic E-state index is 0.803. The zero-order valence-electron chi connectivity index (χ0n) is 11.9. The van der Waals surface area contributed by atoms with E-state index in [1.54, 1.807) is 0 Å². The number of hydrogen-bond acceptors (Lipinski definition) is 2. The van der Waals surface area contributed by atoms with E-state index in [0.29, 0.717) is 0 Å². The largest absolute Gasteiger partial charge is 0.0889 e. The molecular weight excluding hydrogens is 256 g/mol. The maximum atomic E-state index is 2.37. The Hall–Kier alpha value is -0.0800. The van der Waals surface area contributed by atoms with E-state index in [2.05, 4.69) is 45.0 Å². The fourth-order valence-electron chi connectivity index (χ4n) is 2.03. The molecule has 0 aliphatic rings. The van der Waals surface area contributed by atoms with Gasteiger partial charge in [0.25, 0.3) is 0 Å². The van der Waals surface area contributed by atoms with E-state index in [9.17, 15) is 0 Å². The maximum absolute atomic E-state index is 2.37. The molecule has 0 aliphatic carbocycles. The predicted molar refractivity (Wildman–Crippen MR) is 87.4 cm³/mol. The fourth-order valence-corrected chi connectivity index (χ4v) is 4.51. The summed E-state index contributed by atoms with van der Waals surface area (Å²) in [5, 5.41) is 0. The Morgan fingerprint density at radius 1 is 1.11 bits per heavy atom. The van der Waals surface area contributed by atoms with E-state index in [4.69, 9.17) is 0 Å². The van der Waals surface area contributed by atoms with E-state index in [1.807, 2.05) is 21.6 Å². The third-order valence-electron chi connectivity index (χ3n) is 3.05. The first-order valence-corrected chi connectivity index (χ1v) is 9.47. The van der Waals surface area contributed by atoms with Gasteiger partial charge in [-0.3, -0.25) is 0 Å². The molecule has 0 heterocycles. The third-order valence-corrected chi connectivity index (χ3v) is 5.60. The Balaban J connectivity index is 2.50. The molecule has 102 valence electrons. The average Bonchev–Trinajstić information content (AvgIpc) is 2.37. The molecule has 1 rings (SSSR count). The molecule has 0 amide bonds. The van der Waals surface area contributed by atoms with Gasteiger partial charge in [0.05, 0.1) is 0 Å². The van der Waals surface area contributed by atoms with Crippen molar-refractivity contribution in [3.63, 3.8) is 0 Å².